The van der Waals surface area contributed by atoms with Crippen LogP contribution in [0.4, 0.5) is 4.39 Å². The van der Waals surface area contributed by atoms with Gasteiger partial charge in [-0.15, -0.1) is 0 Å². The van der Waals surface area contributed by atoms with Gasteiger partial charge in [0.1, 0.15) is 11.9 Å². The van der Waals surface area contributed by atoms with Gasteiger partial charge in [0.15, 0.2) is 0 Å². The molecule has 126 valence electrons. The van der Waals surface area contributed by atoms with Crippen LogP contribution in [0, 0.1) is 5.82 Å². The number of hydrogen-bond acceptors (Lipinski definition) is 4. The van der Waals surface area contributed by atoms with E-state index in [9.17, 15) is 14.0 Å². The lowest BCUT2D eigenvalue weighted by Gasteiger charge is -2.20. The third kappa shape index (κ3) is 3.95. The molecule has 2 aromatic rings. The van der Waals surface area contributed by atoms with Gasteiger partial charge in [-0.1, -0.05) is 30.3 Å². The smallest absolute Gasteiger partial charge is 0.267 e. The lowest BCUT2D eigenvalue weighted by molar-refractivity contribution is -0.131. The van der Waals surface area contributed by atoms with Crippen molar-refractivity contribution in [3.8, 4) is 11.1 Å². The minimum absolute atomic E-state index is 0.284. The van der Waals surface area contributed by atoms with Crippen molar-refractivity contribution in [2.75, 3.05) is 0 Å². The molecule has 0 spiro atoms. The van der Waals surface area contributed by atoms with E-state index >= 15 is 0 Å². The first kappa shape index (κ1) is 17.6. The first-order chi connectivity index (χ1) is 11.4. The van der Waals surface area contributed by atoms with Crippen molar-refractivity contribution in [1.82, 2.24) is 10.8 Å². The highest BCUT2D eigenvalue weighted by atomic mass is 19.1. The summed E-state index contributed by atoms with van der Waals surface area (Å²) in [5.41, 5.74) is 8.43. The Morgan fingerprint density at radius 1 is 1.12 bits per heavy atom. The zero-order valence-electron chi connectivity index (χ0n) is 13.0. The number of hydroxylamine groups is 1. The van der Waals surface area contributed by atoms with E-state index in [1.54, 1.807) is 30.3 Å². The molecule has 0 fully saturated rings. The van der Waals surface area contributed by atoms with E-state index in [1.165, 1.54) is 30.6 Å². The molecule has 2 atom stereocenters. The molecular formula is C17H18FN3O3. The molecule has 7 heteroatoms. The first-order valence-electron chi connectivity index (χ1n) is 7.29. The number of carbonyl (C=O) groups is 2. The average Bonchev–Trinajstić information content (AvgIpc) is 2.59. The summed E-state index contributed by atoms with van der Waals surface area (Å²) < 4.78 is 13.8. The normalized spacial score (nSPS) is 13.0. The third-order valence-corrected chi connectivity index (χ3v) is 3.54. The van der Waals surface area contributed by atoms with Crippen molar-refractivity contribution >= 4 is 11.8 Å². The maximum absolute atomic E-state index is 13.8. The largest absolute Gasteiger partial charge is 0.339 e. The highest BCUT2D eigenvalue weighted by molar-refractivity contribution is 5.98. The number of amides is 2. The fourth-order valence-corrected chi connectivity index (χ4v) is 2.23. The van der Waals surface area contributed by atoms with Gasteiger partial charge in [-0.05, 0) is 30.7 Å². The number of hydrogen-bond donors (Lipinski definition) is 4. The van der Waals surface area contributed by atoms with Gasteiger partial charge in [-0.2, -0.15) is 0 Å². The molecular weight excluding hydrogens is 313 g/mol. The summed E-state index contributed by atoms with van der Waals surface area (Å²) in [4.78, 5) is 23.7. The number of nitrogens with one attached hydrogen (secondary N) is 2. The Labute approximate surface area is 138 Å². The summed E-state index contributed by atoms with van der Waals surface area (Å²) in [5, 5.41) is 11.1. The van der Waals surface area contributed by atoms with Crippen LogP contribution in [0.3, 0.4) is 0 Å². The van der Waals surface area contributed by atoms with Gasteiger partial charge in [0.25, 0.3) is 11.8 Å². The topological polar surface area (TPSA) is 104 Å². The summed E-state index contributed by atoms with van der Waals surface area (Å²) in [6, 6.07) is 10.8. The van der Waals surface area contributed by atoms with E-state index in [1.807, 2.05) is 0 Å². The second kappa shape index (κ2) is 7.67. The predicted molar refractivity (Wildman–Crippen MR) is 86.7 cm³/mol. The molecule has 0 saturated carbocycles. The molecule has 6 nitrogen and oxygen atoms in total. The zero-order chi connectivity index (χ0) is 17.7. The number of carbonyl (C=O) groups excluding carboxylic acids is 2. The maximum Gasteiger partial charge on any atom is 0.267 e. The van der Waals surface area contributed by atoms with E-state index in [-0.39, 0.29) is 11.4 Å². The van der Waals surface area contributed by atoms with Crippen molar-refractivity contribution in [3.63, 3.8) is 0 Å². The van der Waals surface area contributed by atoms with E-state index in [0.29, 0.717) is 11.1 Å². The van der Waals surface area contributed by atoms with Gasteiger partial charge in [0, 0.05) is 17.2 Å². The lowest BCUT2D eigenvalue weighted by atomic mass is 10.0. The summed E-state index contributed by atoms with van der Waals surface area (Å²) in [5.74, 6) is -1.69. The Kier molecular flexibility index (Phi) is 5.62. The fraction of sp³-hybridized carbons (Fsp3) is 0.176. The van der Waals surface area contributed by atoms with Crippen LogP contribution in [0.5, 0.6) is 0 Å². The number of benzene rings is 2. The third-order valence-electron chi connectivity index (χ3n) is 3.54. The Hall–Kier alpha value is -2.77. The molecule has 5 N–H and O–H groups in total. The second-order valence-electron chi connectivity index (χ2n) is 5.34. The minimum atomic E-state index is -1.08. The Balaban J connectivity index is 2.17. The molecule has 24 heavy (non-hydrogen) atoms. The number of nitrogens with two attached hydrogens (primary N) is 1. The molecule has 2 rings (SSSR count). The summed E-state index contributed by atoms with van der Waals surface area (Å²) in [6.45, 7) is 1.53. The zero-order valence-corrected chi connectivity index (χ0v) is 13.0. The molecule has 0 aromatic heterocycles. The molecule has 0 unspecified atom stereocenters. The minimum Gasteiger partial charge on any atom is -0.339 e. The van der Waals surface area contributed by atoms with Crippen LogP contribution < -0.4 is 16.5 Å². The lowest BCUT2D eigenvalue weighted by Crippen LogP contribution is -2.54. The van der Waals surface area contributed by atoms with E-state index < -0.39 is 23.9 Å². The van der Waals surface area contributed by atoms with Crippen LogP contribution in [0.15, 0.2) is 48.5 Å². The first-order valence-corrected chi connectivity index (χ1v) is 7.29. The molecule has 2 amide bonds. The van der Waals surface area contributed by atoms with Crippen LogP contribution >= 0.6 is 0 Å². The van der Waals surface area contributed by atoms with Crippen molar-refractivity contribution in [2.24, 2.45) is 5.73 Å². The van der Waals surface area contributed by atoms with Crippen LogP contribution in [-0.4, -0.2) is 29.1 Å². The van der Waals surface area contributed by atoms with Crippen LogP contribution in [0.1, 0.15) is 17.3 Å². The molecule has 0 aliphatic carbocycles. The molecule has 0 saturated heterocycles. The predicted octanol–water partition coefficient (Wildman–Crippen LogP) is 1.44. The van der Waals surface area contributed by atoms with Gasteiger partial charge >= 0.3 is 0 Å². The molecule has 0 heterocycles. The summed E-state index contributed by atoms with van der Waals surface area (Å²) in [7, 11) is 0. The molecule has 0 radical (unpaired) electrons. The standard InChI is InChI=1S/C17H18FN3O3/c1-10(19)15(17(23)21-24)20-16(22)12-8-6-11(7-9-12)13-4-2-3-5-14(13)18/h2-10,15,24H,19H2,1H3,(H,20,22)(H,21,23)/t10-,15+/m1/s1. The Morgan fingerprint density at radius 2 is 1.75 bits per heavy atom. The van der Waals surface area contributed by atoms with Crippen LogP contribution in [0.2, 0.25) is 0 Å². The van der Waals surface area contributed by atoms with Crippen LogP contribution in [0.25, 0.3) is 11.1 Å². The average molecular weight is 331 g/mol. The quantitative estimate of drug-likeness (QED) is 0.491. The SMILES string of the molecule is C[C@@H](N)[C@H](NC(=O)c1ccc(-c2ccccc2F)cc1)C(=O)NO. The van der Waals surface area contributed by atoms with Crippen LogP contribution in [-0.2, 0) is 4.79 Å². The highest BCUT2D eigenvalue weighted by Gasteiger charge is 2.24. The van der Waals surface area contributed by atoms with Crippen molar-refractivity contribution in [2.45, 2.75) is 19.0 Å². The van der Waals surface area contributed by atoms with Gasteiger partial charge in [0.05, 0.1) is 0 Å². The van der Waals surface area contributed by atoms with Crippen molar-refractivity contribution in [1.29, 1.82) is 0 Å². The summed E-state index contributed by atoms with van der Waals surface area (Å²) in [6.07, 6.45) is 0. The van der Waals surface area contributed by atoms with Gasteiger partial charge in [-0.3, -0.25) is 14.8 Å². The highest BCUT2D eigenvalue weighted by Crippen LogP contribution is 2.22. The maximum atomic E-state index is 13.8. The fourth-order valence-electron chi connectivity index (χ4n) is 2.23. The Morgan fingerprint density at radius 3 is 2.29 bits per heavy atom. The Bertz CT molecular complexity index is 732. The molecule has 0 aliphatic heterocycles. The van der Waals surface area contributed by atoms with Crippen molar-refractivity contribution < 1.29 is 19.2 Å². The number of halogens is 1. The van der Waals surface area contributed by atoms with E-state index in [0.717, 1.165) is 0 Å². The number of rotatable bonds is 5. The van der Waals surface area contributed by atoms with E-state index in [2.05, 4.69) is 5.32 Å². The van der Waals surface area contributed by atoms with Gasteiger partial charge in [0.2, 0.25) is 0 Å². The van der Waals surface area contributed by atoms with Gasteiger partial charge < -0.3 is 11.1 Å². The molecule has 0 aliphatic rings. The summed E-state index contributed by atoms with van der Waals surface area (Å²) >= 11 is 0. The monoisotopic (exact) mass is 331 g/mol. The van der Waals surface area contributed by atoms with Crippen molar-refractivity contribution in [3.05, 3.63) is 59.9 Å². The molecule has 0 bridgehead atoms. The molecule has 2 aromatic carbocycles. The van der Waals surface area contributed by atoms with Gasteiger partial charge in [-0.25, -0.2) is 9.87 Å². The van der Waals surface area contributed by atoms with E-state index in [4.69, 9.17) is 10.9 Å². The second-order valence-corrected chi connectivity index (χ2v) is 5.34.